The van der Waals surface area contributed by atoms with Gasteiger partial charge in [-0.1, -0.05) is 48.8 Å². The second-order valence-electron chi connectivity index (χ2n) is 7.72. The third kappa shape index (κ3) is 7.33. The van der Waals surface area contributed by atoms with Crippen LogP contribution < -0.4 is 10.6 Å². The van der Waals surface area contributed by atoms with Gasteiger partial charge in [-0.25, -0.2) is 0 Å². The zero-order valence-corrected chi connectivity index (χ0v) is 22.2. The van der Waals surface area contributed by atoms with E-state index in [4.69, 9.17) is 20.9 Å². The minimum Gasteiger partial charge on any atom is -0.379 e. The van der Waals surface area contributed by atoms with Crippen molar-refractivity contribution in [1.29, 1.82) is 0 Å². The van der Waals surface area contributed by atoms with Crippen LogP contribution in [0.15, 0.2) is 39.8 Å². The fourth-order valence-electron chi connectivity index (χ4n) is 3.97. The van der Waals surface area contributed by atoms with Crippen LogP contribution in [-0.2, 0) is 11.3 Å². The summed E-state index contributed by atoms with van der Waals surface area (Å²) in [6, 6.07) is 10.2. The molecule has 1 aliphatic rings. The van der Waals surface area contributed by atoms with E-state index in [0.717, 1.165) is 61.2 Å². The van der Waals surface area contributed by atoms with Gasteiger partial charge in [0.1, 0.15) is 0 Å². The molecule has 0 saturated carbocycles. The smallest absolute Gasteiger partial charge is 0.191 e. The molecule has 1 aromatic heterocycles. The number of halogens is 2. The highest BCUT2D eigenvalue weighted by atomic mass is 127. The van der Waals surface area contributed by atoms with E-state index < -0.39 is 0 Å². The Morgan fingerprint density at radius 3 is 2.56 bits per heavy atom. The molecule has 3 rings (SSSR count). The third-order valence-corrected chi connectivity index (χ3v) is 6.19. The van der Waals surface area contributed by atoms with Crippen LogP contribution in [0.1, 0.15) is 55.7 Å². The van der Waals surface area contributed by atoms with Gasteiger partial charge in [0.2, 0.25) is 0 Å². The van der Waals surface area contributed by atoms with Crippen LogP contribution >= 0.6 is 35.6 Å². The Morgan fingerprint density at radius 1 is 1.19 bits per heavy atom. The van der Waals surface area contributed by atoms with Crippen molar-refractivity contribution in [3.63, 3.8) is 0 Å². The van der Waals surface area contributed by atoms with Crippen molar-refractivity contribution in [1.82, 2.24) is 20.7 Å². The molecule has 32 heavy (non-hydrogen) atoms. The van der Waals surface area contributed by atoms with Crippen LogP contribution in [0.3, 0.4) is 0 Å². The van der Waals surface area contributed by atoms with Gasteiger partial charge in [-0.05, 0) is 24.5 Å². The van der Waals surface area contributed by atoms with Crippen LogP contribution in [0.25, 0.3) is 0 Å². The van der Waals surface area contributed by atoms with Gasteiger partial charge in [0.15, 0.2) is 11.7 Å². The summed E-state index contributed by atoms with van der Waals surface area (Å²) < 4.78 is 11.1. The highest BCUT2D eigenvalue weighted by molar-refractivity contribution is 14.0. The minimum atomic E-state index is 0. The first-order chi connectivity index (χ1) is 15.2. The first-order valence-electron chi connectivity index (χ1n) is 11.1. The Bertz CT molecular complexity index is 837. The Kier molecular flexibility index (Phi) is 11.8. The number of aliphatic imine (C=N–C) groups is 1. The van der Waals surface area contributed by atoms with E-state index in [1.165, 1.54) is 0 Å². The molecule has 9 heteroatoms. The Hall–Kier alpha value is -1.36. The first-order valence-corrected chi connectivity index (χ1v) is 11.5. The van der Waals surface area contributed by atoms with Crippen LogP contribution in [-0.4, -0.2) is 55.9 Å². The molecule has 0 radical (unpaired) electrons. The van der Waals surface area contributed by atoms with E-state index in [2.05, 4.69) is 45.6 Å². The Morgan fingerprint density at radius 2 is 1.91 bits per heavy atom. The molecule has 178 valence electrons. The number of ether oxygens (including phenoxy) is 1. The van der Waals surface area contributed by atoms with Crippen LogP contribution in [0.2, 0.25) is 5.02 Å². The molecule has 0 spiro atoms. The highest BCUT2D eigenvalue weighted by Gasteiger charge is 2.24. The number of nitrogens with zero attached hydrogens (tertiary/aromatic N) is 3. The lowest BCUT2D eigenvalue weighted by atomic mass is 9.99. The number of guanidine groups is 1. The summed E-state index contributed by atoms with van der Waals surface area (Å²) in [6.45, 7) is 8.78. The lowest BCUT2D eigenvalue weighted by molar-refractivity contribution is 0.0170. The zero-order valence-electron chi connectivity index (χ0n) is 19.1. The molecule has 0 amide bonds. The quantitative estimate of drug-likeness (QED) is 0.259. The van der Waals surface area contributed by atoms with Gasteiger partial charge in [-0.15, -0.1) is 24.0 Å². The van der Waals surface area contributed by atoms with Crippen molar-refractivity contribution in [2.45, 2.75) is 45.2 Å². The summed E-state index contributed by atoms with van der Waals surface area (Å²) in [6.07, 6.45) is 2.12. The Balaban J connectivity index is 0.00000363. The van der Waals surface area contributed by atoms with Gasteiger partial charge in [-0.3, -0.25) is 9.89 Å². The molecule has 1 aromatic carbocycles. The molecule has 1 saturated heterocycles. The second-order valence-corrected chi connectivity index (χ2v) is 8.13. The molecule has 1 aliphatic heterocycles. The van der Waals surface area contributed by atoms with Gasteiger partial charge in [-0.2, -0.15) is 0 Å². The highest BCUT2D eigenvalue weighted by Crippen LogP contribution is 2.28. The van der Waals surface area contributed by atoms with Crippen LogP contribution in [0.5, 0.6) is 0 Å². The van der Waals surface area contributed by atoms with Gasteiger partial charge in [0.05, 0.1) is 31.5 Å². The fraction of sp³-hybridized carbons (Fsp3) is 0.565. The van der Waals surface area contributed by atoms with Crippen LogP contribution in [0, 0.1) is 0 Å². The molecule has 0 bridgehead atoms. The summed E-state index contributed by atoms with van der Waals surface area (Å²) in [4.78, 5) is 6.77. The third-order valence-electron chi connectivity index (χ3n) is 5.85. The monoisotopic (exact) mass is 575 g/mol. The molecule has 2 N–H and O–H groups in total. The van der Waals surface area contributed by atoms with Gasteiger partial charge in [0, 0.05) is 43.7 Å². The largest absolute Gasteiger partial charge is 0.379 e. The topological polar surface area (TPSA) is 74.9 Å². The molecule has 7 nitrogen and oxygen atoms in total. The molecule has 2 aromatic rings. The number of nitrogens with one attached hydrogen (secondary N) is 2. The number of rotatable bonds is 9. The van der Waals surface area contributed by atoms with Crippen molar-refractivity contribution in [2.75, 3.05) is 39.9 Å². The lowest BCUT2D eigenvalue weighted by Gasteiger charge is -2.35. The maximum Gasteiger partial charge on any atom is 0.191 e. The maximum atomic E-state index is 6.53. The molecule has 1 fully saturated rings. The minimum absolute atomic E-state index is 0. The van der Waals surface area contributed by atoms with Crippen molar-refractivity contribution >= 4 is 41.5 Å². The number of hydrogen-bond acceptors (Lipinski definition) is 5. The van der Waals surface area contributed by atoms with Crippen molar-refractivity contribution in [3.05, 3.63) is 52.4 Å². The predicted molar refractivity (Wildman–Crippen MR) is 140 cm³/mol. The van der Waals surface area contributed by atoms with Crippen molar-refractivity contribution in [2.24, 2.45) is 4.99 Å². The number of aromatic nitrogens is 1. The summed E-state index contributed by atoms with van der Waals surface area (Å²) in [5.74, 6) is 1.96. The fourth-order valence-corrected chi connectivity index (χ4v) is 4.23. The normalized spacial score (nSPS) is 16.0. The first kappa shape index (κ1) is 26.9. The average Bonchev–Trinajstić information content (AvgIpc) is 3.27. The number of benzene rings is 1. The van der Waals surface area contributed by atoms with Gasteiger partial charge in [0.25, 0.3) is 0 Å². The summed E-state index contributed by atoms with van der Waals surface area (Å²) in [7, 11) is 1.77. The molecular weight excluding hydrogens is 541 g/mol. The van der Waals surface area contributed by atoms with Gasteiger partial charge >= 0.3 is 0 Å². The van der Waals surface area contributed by atoms with E-state index >= 15 is 0 Å². The molecule has 0 aliphatic carbocycles. The van der Waals surface area contributed by atoms with E-state index in [1.54, 1.807) is 7.05 Å². The Labute approximate surface area is 213 Å². The van der Waals surface area contributed by atoms with Crippen molar-refractivity contribution < 1.29 is 9.26 Å². The SMILES string of the molecule is CCC(CC)c1cc(CNC(=NC)NCC(c2ccccc2Cl)N2CCOCC2)on1.I. The van der Waals surface area contributed by atoms with E-state index in [0.29, 0.717) is 25.0 Å². The standard InChI is InChI=1S/C23H34ClN5O2.HI/c1-4-17(5-2)21-14-18(31-28-21)15-26-23(25-3)27-16-22(29-10-12-30-13-11-29)19-8-6-7-9-20(19)24;/h6-9,14,17,22H,4-5,10-13,15-16H2,1-3H3,(H2,25,26,27);1H. The summed E-state index contributed by atoms with van der Waals surface area (Å²) >= 11 is 6.53. The van der Waals surface area contributed by atoms with Crippen LogP contribution in [0.4, 0.5) is 0 Å². The molecular formula is C23H35ClIN5O2. The molecule has 1 atom stereocenters. The predicted octanol–water partition coefficient (Wildman–Crippen LogP) is 4.59. The zero-order chi connectivity index (χ0) is 22.1. The van der Waals surface area contributed by atoms with E-state index in [1.807, 2.05) is 24.3 Å². The molecule has 2 heterocycles. The summed E-state index contributed by atoms with van der Waals surface area (Å²) in [5.41, 5.74) is 2.13. The van der Waals surface area contributed by atoms with E-state index in [-0.39, 0.29) is 30.0 Å². The van der Waals surface area contributed by atoms with Gasteiger partial charge < -0.3 is 19.9 Å². The van der Waals surface area contributed by atoms with E-state index in [9.17, 15) is 0 Å². The average molecular weight is 576 g/mol. The van der Waals surface area contributed by atoms with Crippen molar-refractivity contribution in [3.8, 4) is 0 Å². The molecule has 1 unspecified atom stereocenters. The number of morpholine rings is 1. The second kappa shape index (κ2) is 14.0. The maximum absolute atomic E-state index is 6.53. The number of hydrogen-bond donors (Lipinski definition) is 2. The lowest BCUT2D eigenvalue weighted by Crippen LogP contribution is -2.46. The summed E-state index contributed by atoms with van der Waals surface area (Å²) in [5, 5.41) is 11.8.